The number of alkyl halides is 1. The first-order valence-corrected chi connectivity index (χ1v) is 7.02. The molecule has 0 atom stereocenters. The third kappa shape index (κ3) is 4.01. The Morgan fingerprint density at radius 1 is 1.18 bits per heavy atom. The van der Waals surface area contributed by atoms with Gasteiger partial charge in [0.15, 0.2) is 0 Å². The molecule has 0 aliphatic heterocycles. The van der Waals surface area contributed by atoms with Gasteiger partial charge in [0, 0.05) is 0 Å². The fourth-order valence-electron chi connectivity index (χ4n) is 0.761. The van der Waals surface area contributed by atoms with Gasteiger partial charge >= 0.3 is 83.2 Å². The first-order valence-electron chi connectivity index (χ1n) is 3.67. The van der Waals surface area contributed by atoms with Gasteiger partial charge in [0.1, 0.15) is 0 Å². The summed E-state index contributed by atoms with van der Waals surface area (Å²) in [5.74, 6) is 0.817. The van der Waals surface area contributed by atoms with Gasteiger partial charge in [-0.1, -0.05) is 0 Å². The Morgan fingerprint density at radius 2 is 1.91 bits per heavy atom. The van der Waals surface area contributed by atoms with Gasteiger partial charge in [0.05, 0.1) is 0 Å². The molecule has 0 heterocycles. The first kappa shape index (κ1) is 9.39. The van der Waals surface area contributed by atoms with Crippen molar-refractivity contribution in [1.82, 2.24) is 0 Å². The van der Waals surface area contributed by atoms with Gasteiger partial charge in [-0.2, -0.15) is 0 Å². The van der Waals surface area contributed by atoms with Gasteiger partial charge in [-0.3, -0.25) is 0 Å². The maximum absolute atomic E-state index is 5.59. The van der Waals surface area contributed by atoms with E-state index in [2.05, 4.69) is 30.3 Å². The van der Waals surface area contributed by atoms with Crippen LogP contribution >= 0.6 is 11.6 Å². The Labute approximate surface area is 83.0 Å². The van der Waals surface area contributed by atoms with E-state index in [1.807, 2.05) is 0 Å². The zero-order chi connectivity index (χ0) is 7.94. The topological polar surface area (TPSA) is 0 Å². The molecule has 0 fully saturated rings. The van der Waals surface area contributed by atoms with Crippen molar-refractivity contribution in [3.63, 3.8) is 0 Å². The summed E-state index contributed by atoms with van der Waals surface area (Å²) in [6, 6.07) is 10.7. The standard InChI is InChI=1S/C9H11ClTe/c10-7-4-8-11-9-5-2-1-3-6-9/h1-3,5-6H,4,7-8H2. The molecule has 1 rings (SSSR count). The van der Waals surface area contributed by atoms with Gasteiger partial charge in [0.25, 0.3) is 0 Å². The second kappa shape index (κ2) is 5.89. The van der Waals surface area contributed by atoms with Crippen LogP contribution in [0, 0.1) is 0 Å². The molecule has 2 heteroatoms. The minimum absolute atomic E-state index is 0.0678. The van der Waals surface area contributed by atoms with Gasteiger partial charge in [-0.25, -0.2) is 0 Å². The van der Waals surface area contributed by atoms with Crippen LogP contribution in [0.25, 0.3) is 0 Å². The fraction of sp³-hybridized carbons (Fsp3) is 0.333. The molecule has 0 aliphatic rings. The number of hydrogen-bond acceptors (Lipinski definition) is 0. The maximum atomic E-state index is 5.59. The molecule has 60 valence electrons. The second-order valence-corrected chi connectivity index (χ2v) is 5.92. The summed E-state index contributed by atoms with van der Waals surface area (Å²) < 4.78 is 2.88. The van der Waals surface area contributed by atoms with Crippen LogP contribution in [0.15, 0.2) is 30.3 Å². The molecule has 0 bridgehead atoms. The van der Waals surface area contributed by atoms with Crippen molar-refractivity contribution in [3.8, 4) is 0 Å². The van der Waals surface area contributed by atoms with E-state index >= 15 is 0 Å². The van der Waals surface area contributed by atoms with E-state index in [0.717, 1.165) is 5.88 Å². The minimum atomic E-state index is 0.0678. The quantitative estimate of drug-likeness (QED) is 0.450. The number of halogens is 1. The predicted molar refractivity (Wildman–Crippen MR) is 52.0 cm³/mol. The van der Waals surface area contributed by atoms with Crippen LogP contribution in [0.3, 0.4) is 0 Å². The Bertz CT molecular complexity index is 186. The summed E-state index contributed by atoms with van der Waals surface area (Å²) in [4.78, 5) is 0. The van der Waals surface area contributed by atoms with Crippen LogP contribution in [0.4, 0.5) is 0 Å². The molecule has 0 nitrogen and oxygen atoms in total. The van der Waals surface area contributed by atoms with Crippen LogP contribution in [-0.2, 0) is 0 Å². The Kier molecular flexibility index (Phi) is 5.03. The Morgan fingerprint density at radius 3 is 2.55 bits per heavy atom. The Balaban J connectivity index is 2.28. The van der Waals surface area contributed by atoms with E-state index in [1.54, 1.807) is 3.61 Å². The van der Waals surface area contributed by atoms with Crippen molar-refractivity contribution in [2.45, 2.75) is 10.9 Å². The Hall–Kier alpha value is 0.300. The summed E-state index contributed by atoms with van der Waals surface area (Å²) in [6.45, 7) is 0. The van der Waals surface area contributed by atoms with Crippen molar-refractivity contribution in [2.24, 2.45) is 0 Å². The van der Waals surface area contributed by atoms with Crippen LogP contribution in [0.1, 0.15) is 6.42 Å². The van der Waals surface area contributed by atoms with Crippen molar-refractivity contribution in [1.29, 1.82) is 0 Å². The van der Waals surface area contributed by atoms with E-state index in [9.17, 15) is 0 Å². The van der Waals surface area contributed by atoms with E-state index in [1.165, 1.54) is 10.9 Å². The van der Waals surface area contributed by atoms with E-state index < -0.39 is 0 Å². The molecule has 0 saturated heterocycles. The summed E-state index contributed by atoms with van der Waals surface area (Å²) >= 11 is 5.66. The molecule has 1 aromatic rings. The molecular weight excluding hydrogens is 271 g/mol. The molecular formula is C9H11ClTe. The van der Waals surface area contributed by atoms with Gasteiger partial charge in [-0.15, -0.1) is 0 Å². The predicted octanol–water partition coefficient (Wildman–Crippen LogP) is 2.06. The number of rotatable bonds is 4. The number of benzene rings is 1. The van der Waals surface area contributed by atoms with E-state index in [0.29, 0.717) is 0 Å². The molecule has 0 amide bonds. The molecule has 0 aromatic heterocycles. The summed E-state index contributed by atoms with van der Waals surface area (Å²) in [5.41, 5.74) is 0. The third-order valence-corrected chi connectivity index (χ3v) is 4.69. The summed E-state index contributed by atoms with van der Waals surface area (Å²) in [6.07, 6.45) is 1.18. The first-order chi connectivity index (χ1) is 5.43. The van der Waals surface area contributed by atoms with Crippen LogP contribution in [0.5, 0.6) is 0 Å². The van der Waals surface area contributed by atoms with Crippen LogP contribution < -0.4 is 3.61 Å². The van der Waals surface area contributed by atoms with Crippen molar-refractivity contribution in [2.75, 3.05) is 5.88 Å². The fourth-order valence-corrected chi connectivity index (χ4v) is 3.89. The van der Waals surface area contributed by atoms with Gasteiger partial charge in [0.2, 0.25) is 0 Å². The van der Waals surface area contributed by atoms with Crippen molar-refractivity contribution >= 4 is 36.1 Å². The summed E-state index contributed by atoms with van der Waals surface area (Å²) in [7, 11) is 0. The second-order valence-electron chi connectivity index (χ2n) is 2.20. The van der Waals surface area contributed by atoms with Crippen LogP contribution in [-0.4, -0.2) is 26.8 Å². The molecule has 0 unspecified atom stereocenters. The average molecular weight is 282 g/mol. The zero-order valence-electron chi connectivity index (χ0n) is 6.29. The molecule has 1 aromatic carbocycles. The van der Waals surface area contributed by atoms with Crippen molar-refractivity contribution in [3.05, 3.63) is 30.3 Å². The monoisotopic (exact) mass is 284 g/mol. The number of hydrogen-bond donors (Lipinski definition) is 0. The van der Waals surface area contributed by atoms with Gasteiger partial charge in [-0.05, 0) is 0 Å². The molecule has 0 aliphatic carbocycles. The third-order valence-electron chi connectivity index (χ3n) is 1.29. The molecule has 0 radical (unpaired) electrons. The molecule has 0 saturated carbocycles. The van der Waals surface area contributed by atoms with Crippen LogP contribution in [0.2, 0.25) is 4.47 Å². The zero-order valence-corrected chi connectivity index (χ0v) is 9.38. The SMILES string of the molecule is ClCCC[Te]c1ccccc1. The average Bonchev–Trinajstić information content (AvgIpc) is 2.07. The van der Waals surface area contributed by atoms with Crippen molar-refractivity contribution < 1.29 is 0 Å². The normalized spacial score (nSPS) is 9.91. The van der Waals surface area contributed by atoms with E-state index in [-0.39, 0.29) is 20.9 Å². The van der Waals surface area contributed by atoms with E-state index in [4.69, 9.17) is 11.6 Å². The molecule has 0 N–H and O–H groups in total. The molecule has 0 spiro atoms. The molecule has 11 heavy (non-hydrogen) atoms. The van der Waals surface area contributed by atoms with Gasteiger partial charge < -0.3 is 0 Å². The summed E-state index contributed by atoms with van der Waals surface area (Å²) in [5, 5.41) is 0.